The maximum Gasteiger partial charge on any atom is 0.233 e. The molecule has 0 N–H and O–H groups in total. The zero-order valence-electron chi connectivity index (χ0n) is 11.9. The van der Waals surface area contributed by atoms with E-state index >= 15 is 0 Å². The molecule has 19 heavy (non-hydrogen) atoms. The minimum Gasteiger partial charge on any atom is -0.374 e. The van der Waals surface area contributed by atoms with Crippen LogP contribution in [0, 0.1) is 0 Å². The number of nitrogens with zero attached hydrogens (tertiary/aromatic N) is 1. The van der Waals surface area contributed by atoms with E-state index in [4.69, 9.17) is 4.74 Å². The number of carbonyl (C=O) groups is 1. The quantitative estimate of drug-likeness (QED) is 0.695. The smallest absolute Gasteiger partial charge is 0.233 e. The second kappa shape index (κ2) is 7.49. The lowest BCUT2D eigenvalue weighted by Gasteiger charge is -2.13. The van der Waals surface area contributed by atoms with Crippen molar-refractivity contribution in [2.45, 2.75) is 70.5 Å². The lowest BCUT2D eigenvalue weighted by atomic mass is 10.1. The summed E-state index contributed by atoms with van der Waals surface area (Å²) in [5.74, 6) is 0.140. The molecular weight excluding hydrogens is 238 g/mol. The summed E-state index contributed by atoms with van der Waals surface area (Å²) in [5.41, 5.74) is 0. The second-order valence-electron chi connectivity index (χ2n) is 5.49. The predicted octanol–water partition coefficient (Wildman–Crippen LogP) is 4.04. The lowest BCUT2D eigenvalue weighted by Crippen LogP contribution is -2.18. The Morgan fingerprint density at radius 2 is 1.89 bits per heavy atom. The van der Waals surface area contributed by atoms with Crippen molar-refractivity contribution in [1.29, 1.82) is 0 Å². The Morgan fingerprint density at radius 3 is 2.63 bits per heavy atom. The summed E-state index contributed by atoms with van der Waals surface area (Å²) in [5, 5.41) is 0. The lowest BCUT2D eigenvalue weighted by molar-refractivity contribution is 0.0317. The predicted molar refractivity (Wildman–Crippen MR) is 76.3 cm³/mol. The monoisotopic (exact) mass is 263 g/mol. The molecule has 0 saturated carbocycles. The number of hydrogen-bond donors (Lipinski definition) is 0. The second-order valence-corrected chi connectivity index (χ2v) is 5.49. The Bertz CT molecular complexity index is 372. The van der Waals surface area contributed by atoms with Gasteiger partial charge in [-0.1, -0.05) is 32.6 Å². The van der Waals surface area contributed by atoms with Crippen LogP contribution in [0.4, 0.5) is 0 Å². The van der Waals surface area contributed by atoms with Crippen LogP contribution in [0.3, 0.4) is 0 Å². The Kier molecular flexibility index (Phi) is 5.64. The SMILES string of the molecule is CCCCCCC1CCC(CC(=O)n2cccc2)O1. The highest BCUT2D eigenvalue weighted by atomic mass is 16.5. The van der Waals surface area contributed by atoms with Crippen LogP contribution in [0.5, 0.6) is 0 Å². The van der Waals surface area contributed by atoms with Crippen LogP contribution in [-0.4, -0.2) is 22.7 Å². The van der Waals surface area contributed by atoms with Gasteiger partial charge in [-0.3, -0.25) is 9.36 Å². The third-order valence-electron chi connectivity index (χ3n) is 3.87. The van der Waals surface area contributed by atoms with Gasteiger partial charge in [0, 0.05) is 12.4 Å². The molecule has 2 heterocycles. The fourth-order valence-electron chi connectivity index (χ4n) is 2.74. The highest BCUT2D eigenvalue weighted by Crippen LogP contribution is 2.26. The molecule has 2 atom stereocenters. The molecule has 0 amide bonds. The molecule has 1 aliphatic rings. The largest absolute Gasteiger partial charge is 0.374 e. The van der Waals surface area contributed by atoms with Crippen molar-refractivity contribution in [1.82, 2.24) is 4.57 Å². The van der Waals surface area contributed by atoms with E-state index in [2.05, 4.69) is 6.92 Å². The highest BCUT2D eigenvalue weighted by molar-refractivity contribution is 5.79. The third-order valence-corrected chi connectivity index (χ3v) is 3.87. The first-order valence-electron chi connectivity index (χ1n) is 7.61. The molecule has 1 aromatic heterocycles. The van der Waals surface area contributed by atoms with Gasteiger partial charge in [-0.15, -0.1) is 0 Å². The van der Waals surface area contributed by atoms with Gasteiger partial charge in [0.2, 0.25) is 5.91 Å². The Morgan fingerprint density at radius 1 is 1.16 bits per heavy atom. The van der Waals surface area contributed by atoms with Crippen molar-refractivity contribution in [3.8, 4) is 0 Å². The van der Waals surface area contributed by atoms with Crippen molar-refractivity contribution in [2.75, 3.05) is 0 Å². The number of hydrogen-bond acceptors (Lipinski definition) is 2. The molecular formula is C16H25NO2. The van der Waals surface area contributed by atoms with Crippen molar-refractivity contribution in [3.63, 3.8) is 0 Å². The van der Waals surface area contributed by atoms with Gasteiger partial charge in [0.1, 0.15) is 0 Å². The van der Waals surface area contributed by atoms with Crippen LogP contribution < -0.4 is 0 Å². The standard InChI is InChI=1S/C16H25NO2/c1-2-3-4-5-8-14-9-10-15(19-14)13-16(18)17-11-6-7-12-17/h6-7,11-12,14-15H,2-5,8-10,13H2,1H3. The van der Waals surface area contributed by atoms with E-state index in [-0.39, 0.29) is 12.0 Å². The van der Waals surface area contributed by atoms with E-state index in [1.165, 1.54) is 25.7 Å². The Labute approximate surface area is 115 Å². The highest BCUT2D eigenvalue weighted by Gasteiger charge is 2.26. The summed E-state index contributed by atoms with van der Waals surface area (Å²) in [4.78, 5) is 12.0. The number of carbonyl (C=O) groups excluding carboxylic acids is 1. The summed E-state index contributed by atoms with van der Waals surface area (Å²) in [6, 6.07) is 3.76. The molecule has 2 rings (SSSR count). The van der Waals surface area contributed by atoms with Crippen molar-refractivity contribution >= 4 is 5.91 Å². The minimum absolute atomic E-state index is 0.131. The summed E-state index contributed by atoms with van der Waals surface area (Å²) in [7, 11) is 0. The van der Waals surface area contributed by atoms with Gasteiger partial charge in [0.25, 0.3) is 0 Å². The van der Waals surface area contributed by atoms with Crippen molar-refractivity contribution in [3.05, 3.63) is 24.5 Å². The molecule has 3 heteroatoms. The first kappa shape index (κ1) is 14.3. The van der Waals surface area contributed by atoms with Gasteiger partial charge < -0.3 is 4.74 Å². The topological polar surface area (TPSA) is 31.2 Å². The molecule has 1 fully saturated rings. The zero-order valence-corrected chi connectivity index (χ0v) is 11.9. The first-order chi connectivity index (χ1) is 9.29. The first-order valence-corrected chi connectivity index (χ1v) is 7.61. The van der Waals surface area contributed by atoms with Crippen molar-refractivity contribution < 1.29 is 9.53 Å². The van der Waals surface area contributed by atoms with Crippen molar-refractivity contribution in [2.24, 2.45) is 0 Å². The van der Waals surface area contributed by atoms with Crippen LogP contribution >= 0.6 is 0 Å². The number of rotatable bonds is 7. The van der Waals surface area contributed by atoms with Crippen LogP contribution in [0.15, 0.2) is 24.5 Å². The molecule has 0 aliphatic carbocycles. The maximum atomic E-state index is 12.0. The van der Waals surface area contributed by atoms with Crippen LogP contribution in [0.1, 0.15) is 63.1 Å². The van der Waals surface area contributed by atoms with Gasteiger partial charge in [-0.2, -0.15) is 0 Å². The normalized spacial score (nSPS) is 22.8. The van der Waals surface area contributed by atoms with E-state index in [0.717, 1.165) is 19.3 Å². The van der Waals surface area contributed by atoms with E-state index < -0.39 is 0 Å². The molecule has 3 nitrogen and oxygen atoms in total. The van der Waals surface area contributed by atoms with E-state index in [0.29, 0.717) is 12.5 Å². The fourth-order valence-corrected chi connectivity index (χ4v) is 2.74. The van der Waals surface area contributed by atoms with E-state index in [1.54, 1.807) is 17.0 Å². The summed E-state index contributed by atoms with van der Waals surface area (Å²) >= 11 is 0. The fraction of sp³-hybridized carbons (Fsp3) is 0.688. The minimum atomic E-state index is 0.131. The average molecular weight is 263 g/mol. The molecule has 0 radical (unpaired) electrons. The van der Waals surface area contributed by atoms with Gasteiger partial charge in [0.15, 0.2) is 0 Å². The number of ether oxygens (including phenoxy) is 1. The summed E-state index contributed by atoms with van der Waals surface area (Å²) in [6.07, 6.45) is 13.1. The zero-order chi connectivity index (χ0) is 13.5. The van der Waals surface area contributed by atoms with Crippen LogP contribution in [-0.2, 0) is 4.74 Å². The van der Waals surface area contributed by atoms with Gasteiger partial charge in [-0.05, 0) is 31.4 Å². The molecule has 2 unspecified atom stereocenters. The summed E-state index contributed by atoms with van der Waals surface area (Å²) < 4.78 is 7.63. The Balaban J connectivity index is 1.66. The van der Waals surface area contributed by atoms with Gasteiger partial charge >= 0.3 is 0 Å². The van der Waals surface area contributed by atoms with Crippen LogP contribution in [0.2, 0.25) is 0 Å². The summed E-state index contributed by atoms with van der Waals surface area (Å²) in [6.45, 7) is 2.23. The maximum absolute atomic E-state index is 12.0. The third kappa shape index (κ3) is 4.50. The molecule has 0 spiro atoms. The molecule has 1 saturated heterocycles. The molecule has 1 aliphatic heterocycles. The molecule has 0 aromatic carbocycles. The van der Waals surface area contributed by atoms with Crippen LogP contribution in [0.25, 0.3) is 0 Å². The van der Waals surface area contributed by atoms with E-state index in [9.17, 15) is 4.79 Å². The molecule has 0 bridgehead atoms. The van der Waals surface area contributed by atoms with Gasteiger partial charge in [0.05, 0.1) is 18.6 Å². The molecule has 1 aromatic rings. The van der Waals surface area contributed by atoms with Gasteiger partial charge in [-0.25, -0.2) is 0 Å². The molecule has 106 valence electrons. The number of aromatic nitrogens is 1. The Hall–Kier alpha value is -1.09. The number of unbranched alkanes of at least 4 members (excludes halogenated alkanes) is 3. The average Bonchev–Trinajstić information content (AvgIpc) is 3.06. The van der Waals surface area contributed by atoms with E-state index in [1.807, 2.05) is 12.1 Å².